The van der Waals surface area contributed by atoms with Crippen LogP contribution in [0.2, 0.25) is 0 Å². The molecule has 0 aliphatic heterocycles. The molecule has 0 saturated heterocycles. The van der Waals surface area contributed by atoms with Crippen LogP contribution in [-0.4, -0.2) is 14.9 Å². The van der Waals surface area contributed by atoms with E-state index in [0.29, 0.717) is 6.07 Å². The van der Waals surface area contributed by atoms with Crippen molar-refractivity contribution in [1.82, 2.24) is 9.97 Å². The zero-order valence-corrected chi connectivity index (χ0v) is 9.64. The van der Waals surface area contributed by atoms with Gasteiger partial charge in [0.05, 0.1) is 4.92 Å². The van der Waals surface area contributed by atoms with Gasteiger partial charge in [0.1, 0.15) is 5.82 Å². The first kappa shape index (κ1) is 13.7. The van der Waals surface area contributed by atoms with Crippen LogP contribution in [0.5, 0.6) is 0 Å². The molecule has 0 saturated carbocycles. The number of H-pyrrole nitrogens is 1. The summed E-state index contributed by atoms with van der Waals surface area (Å²) in [4.78, 5) is 26.5. The second-order valence-electron chi connectivity index (χ2n) is 3.78. The van der Waals surface area contributed by atoms with E-state index in [-0.39, 0.29) is 17.1 Å². The Hall–Kier alpha value is -2.71. The highest BCUT2D eigenvalue weighted by Gasteiger charge is 2.33. The molecule has 2 rings (SSSR count). The standard InChI is InChI=1S/C11H6F3N3O3/c12-11(13,14)8-5-9(18)16-10(15-8)6-1-3-7(4-2-6)17(19)20/h1-5H,(H,15,16,18). The van der Waals surface area contributed by atoms with Crippen molar-refractivity contribution in [2.75, 3.05) is 0 Å². The van der Waals surface area contributed by atoms with Gasteiger partial charge in [-0.1, -0.05) is 0 Å². The lowest BCUT2D eigenvalue weighted by Crippen LogP contribution is -2.16. The molecule has 6 nitrogen and oxygen atoms in total. The highest BCUT2D eigenvalue weighted by Crippen LogP contribution is 2.28. The molecule has 0 aliphatic carbocycles. The molecule has 9 heteroatoms. The normalized spacial score (nSPS) is 11.3. The molecule has 2 aromatic rings. The number of hydrogen-bond donors (Lipinski definition) is 1. The number of nitrogens with one attached hydrogen (secondary N) is 1. The molecular formula is C11H6F3N3O3. The summed E-state index contributed by atoms with van der Waals surface area (Å²) in [5, 5.41) is 10.5. The van der Waals surface area contributed by atoms with Crippen LogP contribution in [0.15, 0.2) is 35.1 Å². The Bertz CT molecular complexity index is 707. The van der Waals surface area contributed by atoms with Crippen molar-refractivity contribution in [2.45, 2.75) is 6.18 Å². The Kier molecular flexibility index (Phi) is 3.26. The molecule has 0 amide bonds. The van der Waals surface area contributed by atoms with Crippen molar-refractivity contribution < 1.29 is 18.1 Å². The molecule has 1 aromatic heterocycles. The number of nitro benzene ring substituents is 1. The third-order valence-corrected chi connectivity index (χ3v) is 2.38. The number of non-ortho nitro benzene ring substituents is 1. The number of aromatic amines is 1. The minimum atomic E-state index is -4.75. The molecule has 0 spiro atoms. The number of rotatable bonds is 2. The fourth-order valence-corrected chi connectivity index (χ4v) is 1.48. The summed E-state index contributed by atoms with van der Waals surface area (Å²) < 4.78 is 37.6. The Morgan fingerprint density at radius 1 is 1.20 bits per heavy atom. The lowest BCUT2D eigenvalue weighted by Gasteiger charge is -2.07. The van der Waals surface area contributed by atoms with Gasteiger partial charge in [0, 0.05) is 23.8 Å². The van der Waals surface area contributed by atoms with Crippen molar-refractivity contribution in [3.63, 3.8) is 0 Å². The van der Waals surface area contributed by atoms with Gasteiger partial charge in [-0.15, -0.1) is 0 Å². The van der Waals surface area contributed by atoms with E-state index < -0.39 is 22.4 Å². The summed E-state index contributed by atoms with van der Waals surface area (Å²) >= 11 is 0. The maximum atomic E-state index is 12.5. The first-order valence-electron chi connectivity index (χ1n) is 5.21. The SMILES string of the molecule is O=c1cc(C(F)(F)F)nc(-c2ccc([N+](=O)[O-])cc2)[nH]1. The zero-order valence-electron chi connectivity index (χ0n) is 9.64. The lowest BCUT2D eigenvalue weighted by atomic mass is 10.2. The third kappa shape index (κ3) is 2.82. The van der Waals surface area contributed by atoms with E-state index in [0.717, 1.165) is 12.1 Å². The average Bonchev–Trinajstić information content (AvgIpc) is 2.37. The summed E-state index contributed by atoms with van der Waals surface area (Å²) in [5.41, 5.74) is -2.36. The average molecular weight is 285 g/mol. The molecule has 0 bridgehead atoms. The second kappa shape index (κ2) is 4.76. The molecule has 0 unspecified atom stereocenters. The summed E-state index contributed by atoms with van der Waals surface area (Å²) in [6, 6.07) is 4.97. The van der Waals surface area contributed by atoms with Crippen LogP contribution in [0, 0.1) is 10.1 Å². The lowest BCUT2D eigenvalue weighted by molar-refractivity contribution is -0.384. The van der Waals surface area contributed by atoms with Crippen LogP contribution in [0.1, 0.15) is 5.69 Å². The maximum absolute atomic E-state index is 12.5. The van der Waals surface area contributed by atoms with Crippen LogP contribution < -0.4 is 5.56 Å². The van der Waals surface area contributed by atoms with E-state index in [2.05, 4.69) is 9.97 Å². The van der Waals surface area contributed by atoms with Crippen molar-refractivity contribution in [3.05, 3.63) is 56.5 Å². The van der Waals surface area contributed by atoms with Gasteiger partial charge in [-0.3, -0.25) is 14.9 Å². The van der Waals surface area contributed by atoms with Gasteiger partial charge in [0.25, 0.3) is 11.2 Å². The predicted octanol–water partition coefficient (Wildman–Crippen LogP) is 2.36. The second-order valence-corrected chi connectivity index (χ2v) is 3.78. The fourth-order valence-electron chi connectivity index (χ4n) is 1.48. The topological polar surface area (TPSA) is 88.9 Å². The van der Waals surface area contributed by atoms with Gasteiger partial charge in [-0.05, 0) is 12.1 Å². The van der Waals surface area contributed by atoms with Crippen LogP contribution in [0.4, 0.5) is 18.9 Å². The summed E-state index contributed by atoms with van der Waals surface area (Å²) in [5.74, 6) is -0.306. The van der Waals surface area contributed by atoms with Crippen LogP contribution in [-0.2, 0) is 6.18 Å². The van der Waals surface area contributed by atoms with E-state index in [1.807, 2.05) is 0 Å². The third-order valence-electron chi connectivity index (χ3n) is 2.38. The minimum absolute atomic E-state index is 0.138. The van der Waals surface area contributed by atoms with Gasteiger partial charge in [0.2, 0.25) is 0 Å². The van der Waals surface area contributed by atoms with Crippen molar-refractivity contribution >= 4 is 5.69 Å². The molecule has 0 atom stereocenters. The highest BCUT2D eigenvalue weighted by molar-refractivity contribution is 5.57. The van der Waals surface area contributed by atoms with Crippen molar-refractivity contribution in [1.29, 1.82) is 0 Å². The Labute approximate surface area is 109 Å². The van der Waals surface area contributed by atoms with Gasteiger partial charge >= 0.3 is 6.18 Å². The number of nitro groups is 1. The summed E-state index contributed by atoms with van der Waals surface area (Å²) in [6.07, 6.45) is -4.75. The molecule has 1 N–H and O–H groups in total. The van der Waals surface area contributed by atoms with Gasteiger partial charge in [-0.25, -0.2) is 4.98 Å². The number of alkyl halides is 3. The minimum Gasteiger partial charge on any atom is -0.307 e. The molecule has 1 aromatic carbocycles. The van der Waals surface area contributed by atoms with E-state index in [1.54, 1.807) is 0 Å². The Morgan fingerprint density at radius 3 is 2.30 bits per heavy atom. The highest BCUT2D eigenvalue weighted by atomic mass is 19.4. The van der Waals surface area contributed by atoms with E-state index in [4.69, 9.17) is 0 Å². The summed E-state index contributed by atoms with van der Waals surface area (Å²) in [6.45, 7) is 0. The largest absolute Gasteiger partial charge is 0.433 e. The number of nitrogens with zero attached hydrogens (tertiary/aromatic N) is 2. The molecule has 20 heavy (non-hydrogen) atoms. The van der Waals surface area contributed by atoms with Crippen molar-refractivity contribution in [2.24, 2.45) is 0 Å². The number of halogens is 3. The molecule has 0 radical (unpaired) electrons. The first-order valence-corrected chi connectivity index (χ1v) is 5.21. The van der Waals surface area contributed by atoms with E-state index in [1.165, 1.54) is 12.1 Å². The number of hydrogen-bond acceptors (Lipinski definition) is 4. The Morgan fingerprint density at radius 2 is 1.80 bits per heavy atom. The van der Waals surface area contributed by atoms with Crippen LogP contribution >= 0.6 is 0 Å². The van der Waals surface area contributed by atoms with Crippen LogP contribution in [0.25, 0.3) is 11.4 Å². The molecule has 1 heterocycles. The quantitative estimate of drug-likeness (QED) is 0.677. The zero-order chi connectivity index (χ0) is 14.9. The smallest absolute Gasteiger partial charge is 0.307 e. The predicted molar refractivity (Wildman–Crippen MR) is 62.0 cm³/mol. The van der Waals surface area contributed by atoms with Crippen LogP contribution in [0.3, 0.4) is 0 Å². The van der Waals surface area contributed by atoms with E-state index >= 15 is 0 Å². The molecule has 0 aliphatic rings. The van der Waals surface area contributed by atoms with Gasteiger partial charge < -0.3 is 4.98 Å². The molecule has 0 fully saturated rings. The first-order chi connectivity index (χ1) is 9.27. The Balaban J connectivity index is 2.50. The number of aromatic nitrogens is 2. The summed E-state index contributed by atoms with van der Waals surface area (Å²) in [7, 11) is 0. The van der Waals surface area contributed by atoms with Gasteiger partial charge in [0.15, 0.2) is 5.69 Å². The monoisotopic (exact) mass is 285 g/mol. The maximum Gasteiger partial charge on any atom is 0.433 e. The van der Waals surface area contributed by atoms with E-state index in [9.17, 15) is 28.1 Å². The van der Waals surface area contributed by atoms with Gasteiger partial charge in [-0.2, -0.15) is 13.2 Å². The number of benzene rings is 1. The fraction of sp³-hybridized carbons (Fsp3) is 0.0909. The van der Waals surface area contributed by atoms with Crippen molar-refractivity contribution in [3.8, 4) is 11.4 Å². The molecular weight excluding hydrogens is 279 g/mol. The molecule has 104 valence electrons.